The lowest BCUT2D eigenvalue weighted by molar-refractivity contribution is 0.991. The van der Waals surface area contributed by atoms with Gasteiger partial charge in [0, 0.05) is 12.7 Å². The minimum Gasteiger partial charge on any atom is -0.325 e. The molecular formula is C6H8Cl4N2. The van der Waals surface area contributed by atoms with Crippen molar-refractivity contribution in [2.75, 3.05) is 0 Å². The molecule has 1 rings (SSSR count). The summed E-state index contributed by atoms with van der Waals surface area (Å²) in [5.74, 6) is 0. The fourth-order valence-corrected chi connectivity index (χ4v) is 1.05. The van der Waals surface area contributed by atoms with Crippen LogP contribution in [-0.4, -0.2) is 4.98 Å². The Morgan fingerprint density at radius 2 is 1.92 bits per heavy atom. The van der Waals surface area contributed by atoms with Crippen molar-refractivity contribution in [3.63, 3.8) is 0 Å². The van der Waals surface area contributed by atoms with Gasteiger partial charge in [-0.25, -0.2) is 0 Å². The van der Waals surface area contributed by atoms with Crippen LogP contribution in [-0.2, 0) is 6.54 Å². The molecule has 0 saturated carbocycles. The number of halogens is 4. The number of pyridine rings is 1. The molecule has 0 fully saturated rings. The molecule has 0 atom stereocenters. The van der Waals surface area contributed by atoms with Gasteiger partial charge in [-0.3, -0.25) is 4.98 Å². The first-order chi connectivity index (χ1) is 4.74. The van der Waals surface area contributed by atoms with E-state index in [1.165, 1.54) is 6.20 Å². The van der Waals surface area contributed by atoms with E-state index in [2.05, 4.69) is 4.98 Å². The lowest BCUT2D eigenvalue weighted by atomic mass is 10.3. The Balaban J connectivity index is 0. The normalized spacial score (nSPS) is 8.25. The van der Waals surface area contributed by atoms with Gasteiger partial charge in [-0.1, -0.05) is 23.2 Å². The Labute approximate surface area is 93.3 Å². The van der Waals surface area contributed by atoms with Gasteiger partial charge in [0.15, 0.2) is 0 Å². The van der Waals surface area contributed by atoms with Crippen LogP contribution < -0.4 is 5.73 Å². The molecule has 0 radical (unpaired) electrons. The molecule has 0 amide bonds. The zero-order valence-electron chi connectivity index (χ0n) is 5.96. The molecule has 12 heavy (non-hydrogen) atoms. The molecule has 1 aromatic heterocycles. The molecule has 70 valence electrons. The second-order valence-corrected chi connectivity index (χ2v) is 2.63. The minimum atomic E-state index is 0. The van der Waals surface area contributed by atoms with Crippen molar-refractivity contribution >= 4 is 48.0 Å². The third kappa shape index (κ3) is 3.78. The topological polar surface area (TPSA) is 38.9 Å². The third-order valence-electron chi connectivity index (χ3n) is 1.08. The summed E-state index contributed by atoms with van der Waals surface area (Å²) in [6.45, 7) is 0.343. The van der Waals surface area contributed by atoms with E-state index in [-0.39, 0.29) is 24.8 Å². The Morgan fingerprint density at radius 1 is 1.33 bits per heavy atom. The lowest BCUT2D eigenvalue weighted by Crippen LogP contribution is -1.99. The SMILES string of the molecule is Cl.Cl.NCc1ncc(Cl)cc1Cl. The number of aromatic nitrogens is 1. The molecule has 1 aromatic rings. The molecule has 0 spiro atoms. The number of hydrogen-bond acceptors (Lipinski definition) is 2. The van der Waals surface area contributed by atoms with Crippen LogP contribution in [0.15, 0.2) is 12.3 Å². The first kappa shape index (κ1) is 14.8. The highest BCUT2D eigenvalue weighted by molar-refractivity contribution is 6.34. The van der Waals surface area contributed by atoms with Crippen LogP contribution in [0.4, 0.5) is 0 Å². The molecule has 0 saturated heterocycles. The minimum absolute atomic E-state index is 0. The van der Waals surface area contributed by atoms with E-state index in [1.807, 2.05) is 0 Å². The zero-order valence-corrected chi connectivity index (χ0v) is 9.10. The molecule has 0 unspecified atom stereocenters. The van der Waals surface area contributed by atoms with Crippen molar-refractivity contribution in [3.05, 3.63) is 28.0 Å². The van der Waals surface area contributed by atoms with Crippen molar-refractivity contribution in [2.24, 2.45) is 5.73 Å². The number of nitrogens with two attached hydrogens (primary N) is 1. The summed E-state index contributed by atoms with van der Waals surface area (Å²) in [5, 5.41) is 1.05. The van der Waals surface area contributed by atoms with Crippen molar-refractivity contribution in [3.8, 4) is 0 Å². The van der Waals surface area contributed by atoms with E-state index < -0.39 is 0 Å². The molecule has 2 nitrogen and oxygen atoms in total. The second-order valence-electron chi connectivity index (χ2n) is 1.79. The third-order valence-corrected chi connectivity index (χ3v) is 1.61. The maximum Gasteiger partial charge on any atom is 0.0726 e. The number of hydrogen-bond donors (Lipinski definition) is 1. The zero-order chi connectivity index (χ0) is 7.56. The molecule has 0 aliphatic carbocycles. The van der Waals surface area contributed by atoms with Gasteiger partial charge >= 0.3 is 0 Å². The first-order valence-corrected chi connectivity index (χ1v) is 3.49. The van der Waals surface area contributed by atoms with Crippen LogP contribution in [0.2, 0.25) is 10.0 Å². The molecular weight excluding hydrogens is 242 g/mol. The average molecular weight is 250 g/mol. The van der Waals surface area contributed by atoms with Crippen LogP contribution in [0.1, 0.15) is 5.69 Å². The van der Waals surface area contributed by atoms with Crippen LogP contribution >= 0.6 is 48.0 Å². The van der Waals surface area contributed by atoms with Gasteiger partial charge in [-0.2, -0.15) is 0 Å². The first-order valence-electron chi connectivity index (χ1n) is 2.74. The summed E-state index contributed by atoms with van der Waals surface area (Å²) < 4.78 is 0. The molecule has 2 N–H and O–H groups in total. The van der Waals surface area contributed by atoms with Crippen LogP contribution in [0.5, 0.6) is 0 Å². The molecule has 1 heterocycles. The molecule has 0 aromatic carbocycles. The fraction of sp³-hybridized carbons (Fsp3) is 0.167. The summed E-state index contributed by atoms with van der Waals surface area (Å²) in [4.78, 5) is 3.91. The smallest absolute Gasteiger partial charge is 0.0726 e. The standard InChI is InChI=1S/C6H6Cl2N2.2ClH/c7-4-1-5(8)6(2-9)10-3-4;;/h1,3H,2,9H2;2*1H. The summed E-state index contributed by atoms with van der Waals surface area (Å²) in [7, 11) is 0. The highest BCUT2D eigenvalue weighted by atomic mass is 35.5. The maximum atomic E-state index is 5.70. The largest absolute Gasteiger partial charge is 0.325 e. The van der Waals surface area contributed by atoms with E-state index in [0.717, 1.165) is 0 Å². The van der Waals surface area contributed by atoms with E-state index in [0.29, 0.717) is 22.3 Å². The van der Waals surface area contributed by atoms with Gasteiger partial charge in [0.2, 0.25) is 0 Å². The Morgan fingerprint density at radius 3 is 2.33 bits per heavy atom. The molecule has 0 aliphatic rings. The van der Waals surface area contributed by atoms with Gasteiger partial charge in [0.05, 0.1) is 15.7 Å². The average Bonchev–Trinajstić information content (AvgIpc) is 1.88. The molecule has 6 heteroatoms. The molecule has 0 aliphatic heterocycles. The Kier molecular flexibility index (Phi) is 8.31. The predicted molar refractivity (Wildman–Crippen MR) is 56.6 cm³/mol. The van der Waals surface area contributed by atoms with Gasteiger partial charge < -0.3 is 5.73 Å². The summed E-state index contributed by atoms with van der Waals surface area (Å²) >= 11 is 11.3. The maximum absolute atomic E-state index is 5.70. The molecule has 0 bridgehead atoms. The van der Waals surface area contributed by atoms with Crippen molar-refractivity contribution in [1.82, 2.24) is 4.98 Å². The van der Waals surface area contributed by atoms with Gasteiger partial charge in [-0.15, -0.1) is 24.8 Å². The second kappa shape index (κ2) is 6.75. The summed E-state index contributed by atoms with van der Waals surface area (Å²) in [5.41, 5.74) is 5.98. The van der Waals surface area contributed by atoms with E-state index >= 15 is 0 Å². The Bertz CT molecular complexity index is 241. The van der Waals surface area contributed by atoms with Crippen molar-refractivity contribution in [1.29, 1.82) is 0 Å². The van der Waals surface area contributed by atoms with E-state index in [9.17, 15) is 0 Å². The van der Waals surface area contributed by atoms with E-state index in [4.69, 9.17) is 28.9 Å². The van der Waals surface area contributed by atoms with Crippen molar-refractivity contribution in [2.45, 2.75) is 6.54 Å². The predicted octanol–water partition coefficient (Wildman–Crippen LogP) is 2.69. The highest BCUT2D eigenvalue weighted by Gasteiger charge is 1.98. The number of nitrogens with zero attached hydrogens (tertiary/aromatic N) is 1. The summed E-state index contributed by atoms with van der Waals surface area (Å²) in [6, 6.07) is 1.62. The van der Waals surface area contributed by atoms with Crippen LogP contribution in [0, 0.1) is 0 Å². The fourth-order valence-electron chi connectivity index (χ4n) is 0.593. The summed E-state index contributed by atoms with van der Waals surface area (Å²) in [6.07, 6.45) is 1.52. The van der Waals surface area contributed by atoms with E-state index in [1.54, 1.807) is 6.07 Å². The lowest BCUT2D eigenvalue weighted by Gasteiger charge is -1.97. The Hall–Kier alpha value is 0.270. The highest BCUT2D eigenvalue weighted by Crippen LogP contribution is 2.17. The monoisotopic (exact) mass is 248 g/mol. The van der Waals surface area contributed by atoms with Gasteiger partial charge in [0.1, 0.15) is 0 Å². The number of rotatable bonds is 1. The van der Waals surface area contributed by atoms with Gasteiger partial charge in [0.25, 0.3) is 0 Å². The van der Waals surface area contributed by atoms with Crippen LogP contribution in [0.3, 0.4) is 0 Å². The van der Waals surface area contributed by atoms with Crippen molar-refractivity contribution < 1.29 is 0 Å². The van der Waals surface area contributed by atoms with Crippen LogP contribution in [0.25, 0.3) is 0 Å². The quantitative estimate of drug-likeness (QED) is 0.832. The van der Waals surface area contributed by atoms with Gasteiger partial charge in [-0.05, 0) is 6.07 Å².